The molecule has 0 bridgehead atoms. The summed E-state index contributed by atoms with van der Waals surface area (Å²) in [5, 5.41) is 0.829. The molecule has 1 aromatic heterocycles. The van der Waals surface area contributed by atoms with Crippen molar-refractivity contribution < 1.29 is 9.21 Å². The summed E-state index contributed by atoms with van der Waals surface area (Å²) in [5.41, 5.74) is 1.95. The van der Waals surface area contributed by atoms with E-state index in [2.05, 4.69) is 4.98 Å². The Bertz CT molecular complexity index is 931. The van der Waals surface area contributed by atoms with E-state index in [1.165, 1.54) is 30.6 Å². The number of hydrogen-bond acceptors (Lipinski definition) is 3. The quantitative estimate of drug-likeness (QED) is 0.472. The van der Waals surface area contributed by atoms with Crippen LogP contribution in [0.2, 0.25) is 10.0 Å². The van der Waals surface area contributed by atoms with E-state index in [0.29, 0.717) is 39.2 Å². The molecule has 1 aliphatic carbocycles. The van der Waals surface area contributed by atoms with Crippen molar-refractivity contribution in [3.05, 3.63) is 52.5 Å². The summed E-state index contributed by atoms with van der Waals surface area (Å²) in [6.45, 7) is 0. The number of hydrogen-bond donors (Lipinski definition) is 0. The Morgan fingerprint density at radius 1 is 1.11 bits per heavy atom. The highest BCUT2D eigenvalue weighted by Gasteiger charge is 2.25. The molecule has 3 aromatic rings. The predicted octanol–water partition coefficient (Wildman–Crippen LogP) is 6.77. The van der Waals surface area contributed by atoms with Gasteiger partial charge < -0.3 is 4.42 Å². The van der Waals surface area contributed by atoms with E-state index >= 15 is 0 Å². The number of anilines is 2. The fraction of sp³-hybridized carbons (Fsp3) is 0.333. The van der Waals surface area contributed by atoms with Gasteiger partial charge in [-0.1, -0.05) is 61.0 Å². The van der Waals surface area contributed by atoms with Crippen LogP contribution in [0.5, 0.6) is 0 Å². The van der Waals surface area contributed by atoms with Crippen LogP contribution >= 0.6 is 23.2 Å². The number of fused-ring (bicyclic) bond motifs is 1. The molecule has 4 nitrogen and oxygen atoms in total. The average molecular weight is 403 g/mol. The summed E-state index contributed by atoms with van der Waals surface area (Å²) in [6, 6.07) is 12.8. The molecular formula is C21H20Cl2N2O2. The number of nitrogens with zero attached hydrogens (tertiary/aromatic N) is 2. The van der Waals surface area contributed by atoms with Gasteiger partial charge in [-0.3, -0.25) is 4.79 Å². The lowest BCUT2D eigenvalue weighted by molar-refractivity contribution is -0.118. The minimum atomic E-state index is -0.0492. The number of benzene rings is 2. The molecule has 4 rings (SSSR count). The summed E-state index contributed by atoms with van der Waals surface area (Å²) in [6.07, 6.45) is 6.29. The minimum Gasteiger partial charge on any atom is -0.423 e. The lowest BCUT2D eigenvalue weighted by Gasteiger charge is -2.20. The third-order valence-corrected chi connectivity index (χ3v) is 5.86. The molecule has 0 saturated heterocycles. The second-order valence-corrected chi connectivity index (χ2v) is 7.80. The van der Waals surface area contributed by atoms with Gasteiger partial charge in [0, 0.05) is 6.42 Å². The first-order valence-electron chi connectivity index (χ1n) is 9.25. The Balaban J connectivity index is 1.67. The normalized spacial score (nSPS) is 14.7. The first-order chi connectivity index (χ1) is 13.1. The lowest BCUT2D eigenvalue weighted by Crippen LogP contribution is -2.26. The van der Waals surface area contributed by atoms with Crippen molar-refractivity contribution in [3.63, 3.8) is 0 Å². The van der Waals surface area contributed by atoms with Gasteiger partial charge in [0.2, 0.25) is 5.91 Å². The van der Waals surface area contributed by atoms with Gasteiger partial charge in [0.05, 0.1) is 15.7 Å². The zero-order chi connectivity index (χ0) is 18.8. The molecule has 1 aliphatic rings. The van der Waals surface area contributed by atoms with E-state index in [0.717, 1.165) is 6.42 Å². The largest absolute Gasteiger partial charge is 0.423 e. The summed E-state index contributed by atoms with van der Waals surface area (Å²) in [5.74, 6) is 0.583. The number of carbonyl (C=O) groups is 1. The van der Waals surface area contributed by atoms with Crippen LogP contribution in [-0.2, 0) is 4.79 Å². The topological polar surface area (TPSA) is 46.3 Å². The van der Waals surface area contributed by atoms with Crippen LogP contribution in [0.4, 0.5) is 11.7 Å². The molecule has 1 saturated carbocycles. The van der Waals surface area contributed by atoms with Crippen LogP contribution in [0.15, 0.2) is 46.9 Å². The maximum atomic E-state index is 13.1. The number of oxazole rings is 1. The van der Waals surface area contributed by atoms with Gasteiger partial charge in [-0.25, -0.2) is 4.90 Å². The van der Waals surface area contributed by atoms with Crippen molar-refractivity contribution in [2.24, 2.45) is 5.92 Å². The molecule has 0 unspecified atom stereocenters. The Kier molecular flexibility index (Phi) is 5.37. The highest BCUT2D eigenvalue weighted by Crippen LogP contribution is 2.34. The number of halogens is 2. The Hall–Kier alpha value is -2.04. The molecule has 140 valence electrons. The van der Waals surface area contributed by atoms with Crippen molar-refractivity contribution in [2.75, 3.05) is 4.90 Å². The molecule has 0 radical (unpaired) electrons. The van der Waals surface area contributed by atoms with Crippen LogP contribution in [0.25, 0.3) is 11.1 Å². The highest BCUT2D eigenvalue weighted by molar-refractivity contribution is 6.42. The van der Waals surface area contributed by atoms with Gasteiger partial charge in [0.25, 0.3) is 0 Å². The molecule has 1 heterocycles. The van der Waals surface area contributed by atoms with Crippen molar-refractivity contribution in [1.82, 2.24) is 4.98 Å². The fourth-order valence-electron chi connectivity index (χ4n) is 3.68. The predicted molar refractivity (Wildman–Crippen MR) is 109 cm³/mol. The standard InChI is InChI=1S/C21H20Cl2N2O2/c22-16-11-10-15(13-17(16)23)25(20(26)12-9-14-5-1-2-6-14)21-24-18-7-3-4-8-19(18)27-21/h3-4,7-8,10-11,13-14H,1-2,5-6,9,12H2. The van der Waals surface area contributed by atoms with Crippen LogP contribution < -0.4 is 4.90 Å². The fourth-order valence-corrected chi connectivity index (χ4v) is 3.97. The van der Waals surface area contributed by atoms with E-state index in [1.807, 2.05) is 24.3 Å². The Labute approximate surface area is 168 Å². The van der Waals surface area contributed by atoms with Crippen molar-refractivity contribution in [2.45, 2.75) is 38.5 Å². The summed E-state index contributed by atoms with van der Waals surface area (Å²) >= 11 is 12.2. The van der Waals surface area contributed by atoms with Gasteiger partial charge in [-0.05, 0) is 42.7 Å². The van der Waals surface area contributed by atoms with Gasteiger partial charge in [0.15, 0.2) is 5.58 Å². The number of para-hydroxylation sites is 2. The molecule has 0 spiro atoms. The Morgan fingerprint density at radius 2 is 1.89 bits per heavy atom. The SMILES string of the molecule is O=C(CCC1CCCC1)N(c1ccc(Cl)c(Cl)c1)c1nc2ccccc2o1. The van der Waals surface area contributed by atoms with E-state index in [4.69, 9.17) is 27.6 Å². The summed E-state index contributed by atoms with van der Waals surface area (Å²) in [7, 11) is 0. The summed E-state index contributed by atoms with van der Waals surface area (Å²) in [4.78, 5) is 19.1. The minimum absolute atomic E-state index is 0.0492. The maximum Gasteiger partial charge on any atom is 0.310 e. The molecule has 0 atom stereocenters. The zero-order valence-electron chi connectivity index (χ0n) is 14.8. The van der Waals surface area contributed by atoms with Crippen molar-refractivity contribution in [3.8, 4) is 0 Å². The van der Waals surface area contributed by atoms with Gasteiger partial charge >= 0.3 is 6.01 Å². The first kappa shape index (κ1) is 18.3. The average Bonchev–Trinajstić information content (AvgIpc) is 3.32. The Morgan fingerprint density at radius 3 is 2.63 bits per heavy atom. The molecular weight excluding hydrogens is 383 g/mol. The number of carbonyl (C=O) groups excluding carboxylic acids is 1. The molecule has 2 aromatic carbocycles. The number of rotatable bonds is 5. The number of aromatic nitrogens is 1. The van der Waals surface area contributed by atoms with E-state index in [1.54, 1.807) is 18.2 Å². The zero-order valence-corrected chi connectivity index (χ0v) is 16.3. The maximum absolute atomic E-state index is 13.1. The van der Waals surface area contributed by atoms with Gasteiger partial charge in [-0.15, -0.1) is 0 Å². The molecule has 6 heteroatoms. The van der Waals surface area contributed by atoms with E-state index < -0.39 is 0 Å². The second-order valence-electron chi connectivity index (χ2n) is 6.98. The highest BCUT2D eigenvalue weighted by atomic mass is 35.5. The number of amides is 1. The monoisotopic (exact) mass is 402 g/mol. The summed E-state index contributed by atoms with van der Waals surface area (Å²) < 4.78 is 5.87. The van der Waals surface area contributed by atoms with Crippen LogP contribution in [0, 0.1) is 5.92 Å². The third-order valence-electron chi connectivity index (χ3n) is 5.13. The lowest BCUT2D eigenvalue weighted by atomic mass is 10.0. The van der Waals surface area contributed by atoms with Crippen molar-refractivity contribution >= 4 is 51.9 Å². The van der Waals surface area contributed by atoms with Gasteiger partial charge in [-0.2, -0.15) is 4.98 Å². The molecule has 0 aliphatic heterocycles. The smallest absolute Gasteiger partial charge is 0.310 e. The first-order valence-corrected chi connectivity index (χ1v) is 10.0. The molecule has 27 heavy (non-hydrogen) atoms. The van der Waals surface area contributed by atoms with E-state index in [-0.39, 0.29) is 11.9 Å². The molecule has 1 amide bonds. The van der Waals surface area contributed by atoms with Gasteiger partial charge in [0.1, 0.15) is 5.52 Å². The van der Waals surface area contributed by atoms with Crippen LogP contribution in [0.1, 0.15) is 38.5 Å². The molecule has 0 N–H and O–H groups in total. The molecule has 1 fully saturated rings. The third kappa shape index (κ3) is 3.97. The van der Waals surface area contributed by atoms with Crippen LogP contribution in [-0.4, -0.2) is 10.9 Å². The van der Waals surface area contributed by atoms with Crippen molar-refractivity contribution in [1.29, 1.82) is 0 Å². The second kappa shape index (κ2) is 7.91. The van der Waals surface area contributed by atoms with Crippen LogP contribution in [0.3, 0.4) is 0 Å². The van der Waals surface area contributed by atoms with E-state index in [9.17, 15) is 4.79 Å².